The summed E-state index contributed by atoms with van der Waals surface area (Å²) in [7, 11) is 0. The quantitative estimate of drug-likeness (QED) is 0.189. The van der Waals surface area contributed by atoms with Crippen LogP contribution in [0.2, 0.25) is 0 Å². The van der Waals surface area contributed by atoms with Crippen molar-refractivity contribution < 1.29 is 14.5 Å². The van der Waals surface area contributed by atoms with Gasteiger partial charge < -0.3 is 0 Å². The largest absolute Gasteiger partial charge is 0.298 e. The Hall–Kier alpha value is -3.37. The van der Waals surface area contributed by atoms with Gasteiger partial charge in [0, 0.05) is 29.8 Å². The molecular formula is C19H14N4O4S2. The number of thiocarbonyl (C=S) groups is 1. The molecule has 2 amide bonds. The average Bonchev–Trinajstić information content (AvgIpc) is 2.70. The van der Waals surface area contributed by atoms with Crippen molar-refractivity contribution in [2.75, 3.05) is 6.54 Å². The Bertz CT molecular complexity index is 1050. The molecule has 0 saturated carbocycles. The van der Waals surface area contributed by atoms with Crippen LogP contribution >= 0.6 is 24.0 Å². The van der Waals surface area contributed by atoms with E-state index < -0.39 is 16.7 Å². The van der Waals surface area contributed by atoms with E-state index in [9.17, 15) is 19.7 Å². The number of rotatable bonds is 6. The molecule has 1 fully saturated rings. The van der Waals surface area contributed by atoms with Gasteiger partial charge in [-0.1, -0.05) is 23.9 Å². The summed E-state index contributed by atoms with van der Waals surface area (Å²) in [5, 5.41) is 14.3. The van der Waals surface area contributed by atoms with Gasteiger partial charge in [0.2, 0.25) is 0 Å². The summed E-state index contributed by atoms with van der Waals surface area (Å²) in [6.45, 7) is 3.70. The van der Waals surface area contributed by atoms with E-state index in [0.717, 1.165) is 0 Å². The van der Waals surface area contributed by atoms with E-state index in [1.807, 2.05) is 6.07 Å². The second kappa shape index (κ2) is 8.76. The summed E-state index contributed by atoms with van der Waals surface area (Å²) in [6.07, 6.45) is 4.43. The van der Waals surface area contributed by atoms with Crippen molar-refractivity contribution >= 4 is 52.7 Å². The Labute approximate surface area is 175 Å². The van der Waals surface area contributed by atoms with Gasteiger partial charge in [-0.3, -0.25) is 29.9 Å². The molecule has 2 aromatic rings. The van der Waals surface area contributed by atoms with Crippen LogP contribution in [0.25, 0.3) is 6.08 Å². The number of aromatic nitrogens is 1. The monoisotopic (exact) mass is 426 g/mol. The lowest BCUT2D eigenvalue weighted by atomic mass is 10.1. The van der Waals surface area contributed by atoms with Gasteiger partial charge in [0.05, 0.1) is 4.92 Å². The first-order valence-electron chi connectivity index (χ1n) is 8.28. The standard InChI is InChI=1S/C19H14N4O4S2/c1-2-9-22-18(25)14(17(24)21-19(22)28)11-12-10-13(23(26)27)6-7-15(12)29-16-5-3-4-8-20-16/h2-8,10-11H,1,9H2,(H,21,24,28). The van der Waals surface area contributed by atoms with Crippen LogP contribution in [0.3, 0.4) is 0 Å². The molecule has 8 nitrogen and oxygen atoms in total. The Balaban J connectivity index is 2.07. The van der Waals surface area contributed by atoms with E-state index in [0.29, 0.717) is 15.5 Å². The van der Waals surface area contributed by atoms with Crippen molar-refractivity contribution in [1.29, 1.82) is 0 Å². The van der Waals surface area contributed by atoms with Gasteiger partial charge in [-0.15, -0.1) is 6.58 Å². The van der Waals surface area contributed by atoms with E-state index in [4.69, 9.17) is 12.2 Å². The molecule has 146 valence electrons. The number of nitro benzene ring substituents is 1. The molecule has 1 N–H and O–H groups in total. The highest BCUT2D eigenvalue weighted by Crippen LogP contribution is 2.33. The van der Waals surface area contributed by atoms with Gasteiger partial charge in [-0.05, 0) is 42.1 Å². The van der Waals surface area contributed by atoms with Crippen LogP contribution in [0, 0.1) is 10.1 Å². The second-order valence-corrected chi connectivity index (χ2v) is 7.22. The highest BCUT2D eigenvalue weighted by Gasteiger charge is 2.33. The van der Waals surface area contributed by atoms with Crippen LogP contribution in [0.1, 0.15) is 5.56 Å². The number of non-ortho nitro benzene ring substituents is 1. The topological polar surface area (TPSA) is 105 Å². The van der Waals surface area contributed by atoms with Crippen molar-refractivity contribution in [3.05, 3.63) is 76.5 Å². The molecular weight excluding hydrogens is 412 g/mol. The summed E-state index contributed by atoms with van der Waals surface area (Å²) < 4.78 is 0. The number of nitrogens with one attached hydrogen (secondary N) is 1. The lowest BCUT2D eigenvalue weighted by Crippen LogP contribution is -2.53. The third-order valence-electron chi connectivity index (χ3n) is 3.85. The molecule has 1 saturated heterocycles. The van der Waals surface area contributed by atoms with E-state index in [1.54, 1.807) is 24.4 Å². The minimum absolute atomic E-state index is 0.0147. The molecule has 10 heteroatoms. The first kappa shape index (κ1) is 20.4. The summed E-state index contributed by atoms with van der Waals surface area (Å²) in [6, 6.07) is 9.59. The van der Waals surface area contributed by atoms with Gasteiger partial charge in [-0.2, -0.15) is 0 Å². The average molecular weight is 426 g/mol. The molecule has 1 aromatic carbocycles. The number of benzene rings is 1. The van der Waals surface area contributed by atoms with Crippen molar-refractivity contribution in [1.82, 2.24) is 15.2 Å². The fourth-order valence-electron chi connectivity index (χ4n) is 2.52. The zero-order valence-electron chi connectivity index (χ0n) is 14.9. The number of nitrogens with zero attached hydrogens (tertiary/aromatic N) is 3. The summed E-state index contributed by atoms with van der Waals surface area (Å²) in [4.78, 5) is 41.8. The minimum atomic E-state index is -0.666. The van der Waals surface area contributed by atoms with Crippen LogP contribution in [-0.4, -0.2) is 38.3 Å². The molecule has 0 unspecified atom stereocenters. The van der Waals surface area contributed by atoms with E-state index in [2.05, 4.69) is 16.9 Å². The smallest absolute Gasteiger partial charge is 0.270 e. The normalized spacial score (nSPS) is 15.4. The molecule has 29 heavy (non-hydrogen) atoms. The number of carbonyl (C=O) groups excluding carboxylic acids is 2. The second-order valence-electron chi connectivity index (χ2n) is 5.77. The Morgan fingerprint density at radius 2 is 2.10 bits per heavy atom. The van der Waals surface area contributed by atoms with Crippen LogP contribution in [0.4, 0.5) is 5.69 Å². The third-order valence-corrected chi connectivity index (χ3v) is 5.22. The van der Waals surface area contributed by atoms with E-state index in [1.165, 1.54) is 40.9 Å². The van der Waals surface area contributed by atoms with Crippen LogP contribution in [0.5, 0.6) is 0 Å². The number of amides is 2. The number of hydrogen-bond acceptors (Lipinski definition) is 7. The fraction of sp³-hybridized carbons (Fsp3) is 0.0526. The maximum absolute atomic E-state index is 12.7. The number of nitro groups is 1. The Morgan fingerprint density at radius 3 is 2.76 bits per heavy atom. The fourth-order valence-corrected chi connectivity index (χ4v) is 3.63. The molecule has 2 heterocycles. The van der Waals surface area contributed by atoms with Crippen LogP contribution in [0.15, 0.2) is 70.7 Å². The van der Waals surface area contributed by atoms with Crippen LogP contribution in [-0.2, 0) is 9.59 Å². The lowest BCUT2D eigenvalue weighted by molar-refractivity contribution is -0.384. The first-order chi connectivity index (χ1) is 13.9. The van der Waals surface area contributed by atoms with Gasteiger partial charge in [0.1, 0.15) is 10.6 Å². The maximum atomic E-state index is 12.7. The van der Waals surface area contributed by atoms with Crippen molar-refractivity contribution in [3.8, 4) is 0 Å². The molecule has 0 atom stereocenters. The maximum Gasteiger partial charge on any atom is 0.270 e. The van der Waals surface area contributed by atoms with Gasteiger partial charge >= 0.3 is 0 Å². The highest BCUT2D eigenvalue weighted by atomic mass is 32.2. The van der Waals surface area contributed by atoms with Gasteiger partial charge in [0.15, 0.2) is 5.11 Å². The minimum Gasteiger partial charge on any atom is -0.298 e. The molecule has 1 aliphatic rings. The number of carbonyl (C=O) groups is 2. The Kier molecular flexibility index (Phi) is 6.15. The van der Waals surface area contributed by atoms with E-state index >= 15 is 0 Å². The zero-order chi connectivity index (χ0) is 21.0. The third kappa shape index (κ3) is 4.55. The Morgan fingerprint density at radius 1 is 1.31 bits per heavy atom. The van der Waals surface area contributed by atoms with Gasteiger partial charge in [-0.25, -0.2) is 4.98 Å². The molecule has 1 aromatic heterocycles. The SMILES string of the molecule is C=CCN1C(=O)C(=Cc2cc([N+](=O)[O-])ccc2Sc2ccccn2)C(=O)NC1=S. The van der Waals surface area contributed by atoms with Crippen LogP contribution < -0.4 is 5.32 Å². The van der Waals surface area contributed by atoms with Crippen molar-refractivity contribution in [2.45, 2.75) is 9.92 Å². The predicted octanol–water partition coefficient (Wildman–Crippen LogP) is 2.95. The molecule has 0 radical (unpaired) electrons. The predicted molar refractivity (Wildman–Crippen MR) is 112 cm³/mol. The highest BCUT2D eigenvalue weighted by molar-refractivity contribution is 7.99. The molecule has 1 aliphatic heterocycles. The van der Waals surface area contributed by atoms with Crippen molar-refractivity contribution in [2.24, 2.45) is 0 Å². The lowest BCUT2D eigenvalue weighted by Gasteiger charge is -2.27. The molecule has 3 rings (SSSR count). The molecule has 0 aliphatic carbocycles. The molecule has 0 spiro atoms. The molecule has 0 bridgehead atoms. The van der Waals surface area contributed by atoms with E-state index in [-0.39, 0.29) is 22.9 Å². The summed E-state index contributed by atoms with van der Waals surface area (Å²) in [5.41, 5.74) is 0.00731. The first-order valence-corrected chi connectivity index (χ1v) is 9.50. The zero-order valence-corrected chi connectivity index (χ0v) is 16.5. The number of pyridine rings is 1. The summed E-state index contributed by atoms with van der Waals surface area (Å²) in [5.74, 6) is -1.26. The number of hydrogen-bond donors (Lipinski definition) is 1. The van der Waals surface area contributed by atoms with Crippen molar-refractivity contribution in [3.63, 3.8) is 0 Å². The summed E-state index contributed by atoms with van der Waals surface area (Å²) >= 11 is 6.29. The van der Waals surface area contributed by atoms with Gasteiger partial charge in [0.25, 0.3) is 17.5 Å².